The van der Waals surface area contributed by atoms with Crippen LogP contribution in [0.4, 0.5) is 22.7 Å². The highest BCUT2D eigenvalue weighted by Crippen LogP contribution is 2.31. The minimum Gasteiger partial charge on any atom is -0.372 e. The van der Waals surface area contributed by atoms with Crippen LogP contribution in [-0.4, -0.2) is 28.2 Å². The van der Waals surface area contributed by atoms with E-state index in [1.165, 1.54) is 6.07 Å². The number of nitrogens with one attached hydrogen (secondary N) is 2. The molecule has 0 saturated heterocycles. The van der Waals surface area contributed by atoms with E-state index in [4.69, 9.17) is 0 Å². The van der Waals surface area contributed by atoms with Crippen molar-refractivity contribution in [3.8, 4) is 0 Å². The van der Waals surface area contributed by atoms with Gasteiger partial charge in [-0.05, 0) is 44.2 Å². The summed E-state index contributed by atoms with van der Waals surface area (Å²) in [6.07, 6.45) is 0. The molecule has 28 heavy (non-hydrogen) atoms. The number of hydrogen-bond donors (Lipinski definition) is 2. The Labute approximate surface area is 158 Å². The number of benzene rings is 2. The Morgan fingerprint density at radius 2 is 1.54 bits per heavy atom. The van der Waals surface area contributed by atoms with Crippen molar-refractivity contribution in [3.63, 3.8) is 0 Å². The molecule has 2 N–H and O–H groups in total. The number of rotatable bonds is 6. The molecule has 10 heteroatoms. The number of hydrogen-bond acceptors (Lipinski definition) is 7. The van der Waals surface area contributed by atoms with Crippen molar-refractivity contribution in [2.45, 2.75) is 13.8 Å². The Morgan fingerprint density at radius 3 is 2.07 bits per heavy atom. The van der Waals surface area contributed by atoms with Gasteiger partial charge < -0.3 is 4.90 Å². The van der Waals surface area contributed by atoms with Crippen molar-refractivity contribution in [2.75, 3.05) is 18.0 Å². The van der Waals surface area contributed by atoms with Crippen molar-refractivity contribution in [1.29, 1.82) is 0 Å². The van der Waals surface area contributed by atoms with E-state index < -0.39 is 21.7 Å². The van der Waals surface area contributed by atoms with Crippen LogP contribution >= 0.6 is 0 Å². The minimum absolute atomic E-state index is 0.000168. The lowest BCUT2D eigenvalue weighted by atomic mass is 10.1. The van der Waals surface area contributed by atoms with Crippen LogP contribution in [0.2, 0.25) is 0 Å². The maximum atomic E-state index is 11.9. The largest absolute Gasteiger partial charge is 0.372 e. The smallest absolute Gasteiger partial charge is 0.297 e. The van der Waals surface area contributed by atoms with Crippen LogP contribution in [0.15, 0.2) is 56.2 Å². The zero-order chi connectivity index (χ0) is 20.3. The van der Waals surface area contributed by atoms with E-state index in [1.807, 2.05) is 12.1 Å². The highest BCUT2D eigenvalue weighted by molar-refractivity contribution is 5.87. The van der Waals surface area contributed by atoms with Gasteiger partial charge in [-0.1, -0.05) is 0 Å². The first kappa shape index (κ1) is 19.0. The number of nitro benzene ring substituents is 1. The Balaban J connectivity index is 2.02. The summed E-state index contributed by atoms with van der Waals surface area (Å²) in [6, 6.07) is 9.50. The summed E-state index contributed by atoms with van der Waals surface area (Å²) >= 11 is 0. The van der Waals surface area contributed by atoms with Crippen molar-refractivity contribution >= 4 is 33.5 Å². The van der Waals surface area contributed by atoms with Gasteiger partial charge in [0.1, 0.15) is 0 Å². The van der Waals surface area contributed by atoms with E-state index in [0.29, 0.717) is 5.69 Å². The van der Waals surface area contributed by atoms with Gasteiger partial charge in [0.05, 0.1) is 21.4 Å². The fourth-order valence-electron chi connectivity index (χ4n) is 2.86. The average Bonchev–Trinajstić information content (AvgIpc) is 2.70. The lowest BCUT2D eigenvalue weighted by Gasteiger charge is -2.20. The molecule has 0 bridgehead atoms. The number of fused-ring (bicyclic) bond motifs is 1. The van der Waals surface area contributed by atoms with Crippen LogP contribution < -0.4 is 16.0 Å². The molecule has 0 aliphatic carbocycles. The molecule has 0 unspecified atom stereocenters. The van der Waals surface area contributed by atoms with Gasteiger partial charge in [-0.2, -0.15) is 5.11 Å². The molecule has 0 spiro atoms. The van der Waals surface area contributed by atoms with E-state index in [1.54, 1.807) is 12.1 Å². The fourth-order valence-corrected chi connectivity index (χ4v) is 2.86. The van der Waals surface area contributed by atoms with Crippen molar-refractivity contribution in [3.05, 3.63) is 67.2 Å². The summed E-state index contributed by atoms with van der Waals surface area (Å²) in [4.78, 5) is 36.6. The second kappa shape index (κ2) is 7.82. The molecule has 0 saturated carbocycles. The number of aromatic amines is 2. The molecule has 0 aliphatic heterocycles. The van der Waals surface area contributed by atoms with Crippen LogP contribution in [0.1, 0.15) is 13.8 Å². The van der Waals surface area contributed by atoms with Gasteiger partial charge in [0.25, 0.3) is 16.8 Å². The zero-order valence-corrected chi connectivity index (χ0v) is 15.3. The summed E-state index contributed by atoms with van der Waals surface area (Å²) in [6.45, 7) is 5.86. The molecule has 144 valence electrons. The van der Waals surface area contributed by atoms with Gasteiger partial charge in [-0.15, -0.1) is 5.11 Å². The van der Waals surface area contributed by atoms with E-state index in [2.05, 4.69) is 39.2 Å². The van der Waals surface area contributed by atoms with Gasteiger partial charge in [-0.25, -0.2) is 0 Å². The SMILES string of the molecule is CCN(CC)c1ccc(N=Nc2cc3c(=O)[nH][nH]c(=O)c3cc2[N+](=O)[O-])cc1. The molecule has 3 rings (SSSR count). The molecule has 0 atom stereocenters. The van der Waals surface area contributed by atoms with Gasteiger partial charge in [0, 0.05) is 24.8 Å². The Kier molecular flexibility index (Phi) is 5.30. The molecular formula is C18H18N6O4. The van der Waals surface area contributed by atoms with Crippen LogP contribution in [0.5, 0.6) is 0 Å². The molecule has 1 aromatic heterocycles. The predicted molar refractivity (Wildman–Crippen MR) is 106 cm³/mol. The summed E-state index contributed by atoms with van der Waals surface area (Å²) in [5, 5.41) is 23.6. The third-order valence-corrected chi connectivity index (χ3v) is 4.34. The lowest BCUT2D eigenvalue weighted by molar-refractivity contribution is -0.384. The quantitative estimate of drug-likeness (QED) is 0.382. The zero-order valence-electron chi connectivity index (χ0n) is 15.3. The Morgan fingerprint density at radius 1 is 0.964 bits per heavy atom. The maximum Gasteiger partial charge on any atom is 0.297 e. The number of H-pyrrole nitrogens is 2. The minimum atomic E-state index is -0.669. The molecule has 3 aromatic rings. The van der Waals surface area contributed by atoms with E-state index in [9.17, 15) is 19.7 Å². The van der Waals surface area contributed by atoms with Crippen LogP contribution in [-0.2, 0) is 0 Å². The average molecular weight is 382 g/mol. The highest BCUT2D eigenvalue weighted by atomic mass is 16.6. The van der Waals surface area contributed by atoms with Gasteiger partial charge in [0.2, 0.25) is 0 Å². The standard InChI is InChI=1S/C18H18N6O4/c1-3-23(4-2)12-7-5-11(6-8-12)19-20-15-9-13-14(10-16(15)24(27)28)18(26)22-21-17(13)25/h5-10H,3-4H2,1-2H3,(H,21,25)(H,22,26). The van der Waals surface area contributed by atoms with E-state index in [0.717, 1.165) is 24.8 Å². The Bertz CT molecular complexity index is 1160. The monoisotopic (exact) mass is 382 g/mol. The molecular weight excluding hydrogens is 364 g/mol. The van der Waals surface area contributed by atoms with Gasteiger partial charge >= 0.3 is 0 Å². The normalized spacial score (nSPS) is 11.2. The molecule has 10 nitrogen and oxygen atoms in total. The van der Waals surface area contributed by atoms with Crippen molar-refractivity contribution in [2.24, 2.45) is 10.2 Å². The number of aromatic nitrogens is 2. The molecule has 0 fully saturated rings. The third kappa shape index (κ3) is 3.65. The first-order valence-electron chi connectivity index (χ1n) is 8.64. The number of azo groups is 1. The lowest BCUT2D eigenvalue weighted by Crippen LogP contribution is -2.21. The van der Waals surface area contributed by atoms with Crippen molar-refractivity contribution < 1.29 is 4.92 Å². The summed E-state index contributed by atoms with van der Waals surface area (Å²) in [7, 11) is 0. The van der Waals surface area contributed by atoms with E-state index >= 15 is 0 Å². The summed E-state index contributed by atoms with van der Waals surface area (Å²) in [5.74, 6) is 0. The van der Waals surface area contributed by atoms with Gasteiger partial charge in [0.15, 0.2) is 5.69 Å². The topological polar surface area (TPSA) is 137 Å². The highest BCUT2D eigenvalue weighted by Gasteiger charge is 2.18. The molecule has 0 amide bonds. The maximum absolute atomic E-state index is 11.9. The third-order valence-electron chi connectivity index (χ3n) is 4.34. The number of nitrogens with zero attached hydrogens (tertiary/aromatic N) is 4. The number of nitro groups is 1. The molecule has 0 radical (unpaired) electrons. The second-order valence-electron chi connectivity index (χ2n) is 5.94. The second-order valence-corrected chi connectivity index (χ2v) is 5.94. The number of anilines is 1. The first-order chi connectivity index (χ1) is 13.4. The molecule has 1 heterocycles. The fraction of sp³-hybridized carbons (Fsp3) is 0.222. The predicted octanol–water partition coefficient (Wildman–Crippen LogP) is 3.39. The Hall–Kier alpha value is -3.82. The van der Waals surface area contributed by atoms with Crippen LogP contribution in [0, 0.1) is 10.1 Å². The van der Waals surface area contributed by atoms with Gasteiger partial charge in [-0.3, -0.25) is 29.9 Å². The van der Waals surface area contributed by atoms with Crippen LogP contribution in [0.25, 0.3) is 10.8 Å². The van der Waals surface area contributed by atoms with E-state index in [-0.39, 0.29) is 16.5 Å². The molecule has 2 aromatic carbocycles. The summed E-state index contributed by atoms with van der Waals surface area (Å²) in [5.41, 5.74) is -0.192. The summed E-state index contributed by atoms with van der Waals surface area (Å²) < 4.78 is 0. The first-order valence-corrected chi connectivity index (χ1v) is 8.64. The van der Waals surface area contributed by atoms with Crippen molar-refractivity contribution in [1.82, 2.24) is 10.2 Å². The van der Waals surface area contributed by atoms with Crippen LogP contribution in [0.3, 0.4) is 0 Å². The molecule has 0 aliphatic rings.